The van der Waals surface area contributed by atoms with E-state index in [1.54, 1.807) is 12.1 Å². The van der Waals surface area contributed by atoms with Crippen LogP contribution in [0.5, 0.6) is 0 Å². The van der Waals surface area contributed by atoms with Gasteiger partial charge in [0.05, 0.1) is 11.3 Å². The molecule has 2 aromatic rings. The third-order valence-electron chi connectivity index (χ3n) is 2.79. The summed E-state index contributed by atoms with van der Waals surface area (Å²) in [5, 5.41) is 13.9. The van der Waals surface area contributed by atoms with E-state index < -0.39 is 22.3 Å². The van der Waals surface area contributed by atoms with Gasteiger partial charge in [-0.3, -0.25) is 14.9 Å². The molecule has 0 saturated heterocycles. The standard InChI is InChI=1S/C14H9Cl2FN2O3/c15-9-2-1-8(11(16)6-9)5-14(20)18-10-3-4-12(17)13(7-10)19(21)22/h1-4,6-7H,5H2,(H,18,20). The van der Waals surface area contributed by atoms with E-state index >= 15 is 0 Å². The molecule has 2 rings (SSSR count). The quantitative estimate of drug-likeness (QED) is 0.667. The topological polar surface area (TPSA) is 72.2 Å². The fraction of sp³-hybridized carbons (Fsp3) is 0.0714. The van der Waals surface area contributed by atoms with Crippen LogP contribution < -0.4 is 5.32 Å². The van der Waals surface area contributed by atoms with Crippen molar-refractivity contribution in [2.45, 2.75) is 6.42 Å². The maximum absolute atomic E-state index is 13.2. The second kappa shape index (κ2) is 6.72. The number of amides is 1. The average Bonchev–Trinajstić information content (AvgIpc) is 2.44. The van der Waals surface area contributed by atoms with Crippen molar-refractivity contribution in [3.8, 4) is 0 Å². The lowest BCUT2D eigenvalue weighted by molar-refractivity contribution is -0.387. The van der Waals surface area contributed by atoms with Crippen LogP contribution >= 0.6 is 23.2 Å². The zero-order chi connectivity index (χ0) is 16.3. The van der Waals surface area contributed by atoms with Crippen molar-refractivity contribution < 1.29 is 14.1 Å². The van der Waals surface area contributed by atoms with E-state index in [4.69, 9.17) is 23.2 Å². The van der Waals surface area contributed by atoms with E-state index in [0.717, 1.165) is 12.1 Å². The molecule has 8 heteroatoms. The van der Waals surface area contributed by atoms with E-state index in [1.807, 2.05) is 0 Å². The minimum Gasteiger partial charge on any atom is -0.326 e. The highest BCUT2D eigenvalue weighted by molar-refractivity contribution is 6.35. The van der Waals surface area contributed by atoms with Crippen LogP contribution in [0, 0.1) is 15.9 Å². The summed E-state index contributed by atoms with van der Waals surface area (Å²) in [4.78, 5) is 21.7. The summed E-state index contributed by atoms with van der Waals surface area (Å²) < 4.78 is 13.2. The predicted octanol–water partition coefficient (Wildman–Crippen LogP) is 4.22. The Kier molecular flexibility index (Phi) is 4.95. The zero-order valence-corrected chi connectivity index (χ0v) is 12.5. The molecule has 0 aliphatic heterocycles. The molecule has 0 atom stereocenters. The fourth-order valence-electron chi connectivity index (χ4n) is 1.77. The lowest BCUT2D eigenvalue weighted by atomic mass is 10.1. The summed E-state index contributed by atoms with van der Waals surface area (Å²) in [5.41, 5.74) is -0.0225. The number of rotatable bonds is 4. The van der Waals surface area contributed by atoms with Crippen LogP contribution in [0.2, 0.25) is 10.0 Å². The Hall–Kier alpha value is -2.18. The molecular formula is C14H9Cl2FN2O3. The summed E-state index contributed by atoms with van der Waals surface area (Å²) in [6, 6.07) is 7.83. The number of carbonyl (C=O) groups excluding carboxylic acids is 1. The van der Waals surface area contributed by atoms with E-state index in [2.05, 4.69) is 5.32 Å². The number of benzene rings is 2. The van der Waals surface area contributed by atoms with Gasteiger partial charge in [0.25, 0.3) is 0 Å². The fourth-order valence-corrected chi connectivity index (χ4v) is 2.25. The molecule has 114 valence electrons. The van der Waals surface area contributed by atoms with Gasteiger partial charge < -0.3 is 5.32 Å². The summed E-state index contributed by atoms with van der Waals surface area (Å²) in [6.45, 7) is 0. The molecule has 0 aliphatic rings. The van der Waals surface area contributed by atoms with Crippen LogP contribution in [0.15, 0.2) is 36.4 Å². The Balaban J connectivity index is 2.12. The first kappa shape index (κ1) is 16.2. The molecule has 5 nitrogen and oxygen atoms in total. The van der Waals surface area contributed by atoms with Crippen molar-refractivity contribution in [2.75, 3.05) is 5.32 Å². The second-order valence-electron chi connectivity index (χ2n) is 4.38. The summed E-state index contributed by atoms with van der Waals surface area (Å²) in [6.07, 6.45) is -0.0405. The molecule has 22 heavy (non-hydrogen) atoms. The Morgan fingerprint density at radius 2 is 1.95 bits per heavy atom. The number of nitro groups is 1. The highest BCUT2D eigenvalue weighted by atomic mass is 35.5. The van der Waals surface area contributed by atoms with Gasteiger partial charge in [0, 0.05) is 21.8 Å². The van der Waals surface area contributed by atoms with Crippen molar-refractivity contribution in [1.82, 2.24) is 0 Å². The van der Waals surface area contributed by atoms with Gasteiger partial charge in [-0.15, -0.1) is 0 Å². The SMILES string of the molecule is O=C(Cc1ccc(Cl)cc1Cl)Nc1ccc(F)c([N+](=O)[O-])c1. The monoisotopic (exact) mass is 342 g/mol. The van der Waals surface area contributed by atoms with E-state index in [1.165, 1.54) is 12.1 Å². The third-order valence-corrected chi connectivity index (χ3v) is 3.38. The molecule has 0 unspecified atom stereocenters. The van der Waals surface area contributed by atoms with Gasteiger partial charge in [0.2, 0.25) is 11.7 Å². The second-order valence-corrected chi connectivity index (χ2v) is 5.23. The Bertz CT molecular complexity index is 753. The molecule has 0 aromatic heterocycles. The van der Waals surface area contributed by atoms with Gasteiger partial charge in [-0.2, -0.15) is 4.39 Å². The molecule has 0 aliphatic carbocycles. The number of nitro benzene ring substituents is 1. The summed E-state index contributed by atoms with van der Waals surface area (Å²) >= 11 is 11.7. The van der Waals surface area contributed by atoms with Crippen molar-refractivity contribution in [3.05, 3.63) is 67.9 Å². The number of hydrogen-bond donors (Lipinski definition) is 1. The van der Waals surface area contributed by atoms with Gasteiger partial charge in [-0.25, -0.2) is 0 Å². The Morgan fingerprint density at radius 3 is 2.59 bits per heavy atom. The highest BCUT2D eigenvalue weighted by Gasteiger charge is 2.15. The van der Waals surface area contributed by atoms with Crippen LogP contribution in [-0.4, -0.2) is 10.8 Å². The predicted molar refractivity (Wildman–Crippen MR) is 81.9 cm³/mol. The molecule has 0 heterocycles. The van der Waals surface area contributed by atoms with Gasteiger partial charge in [-0.1, -0.05) is 29.3 Å². The molecule has 0 radical (unpaired) electrons. The molecule has 0 saturated carbocycles. The first-order chi connectivity index (χ1) is 10.4. The van der Waals surface area contributed by atoms with Crippen LogP contribution in [0.3, 0.4) is 0 Å². The van der Waals surface area contributed by atoms with Crippen LogP contribution in [0.4, 0.5) is 15.8 Å². The smallest absolute Gasteiger partial charge is 0.306 e. The number of halogens is 3. The van der Waals surface area contributed by atoms with Gasteiger partial charge in [0.1, 0.15) is 0 Å². The van der Waals surface area contributed by atoms with Gasteiger partial charge in [-0.05, 0) is 29.8 Å². The Labute approximate surface area is 134 Å². The average molecular weight is 343 g/mol. The molecule has 1 amide bonds. The van der Waals surface area contributed by atoms with E-state index in [0.29, 0.717) is 15.6 Å². The number of nitrogens with zero attached hydrogens (tertiary/aromatic N) is 1. The van der Waals surface area contributed by atoms with Crippen LogP contribution in [-0.2, 0) is 11.2 Å². The van der Waals surface area contributed by atoms with Crippen molar-refractivity contribution in [1.29, 1.82) is 0 Å². The van der Waals surface area contributed by atoms with Gasteiger partial charge in [0.15, 0.2) is 0 Å². The van der Waals surface area contributed by atoms with Gasteiger partial charge >= 0.3 is 5.69 Å². The van der Waals surface area contributed by atoms with E-state index in [9.17, 15) is 19.3 Å². The Morgan fingerprint density at radius 1 is 1.23 bits per heavy atom. The first-order valence-corrected chi connectivity index (χ1v) is 6.80. The van der Waals surface area contributed by atoms with Crippen LogP contribution in [0.25, 0.3) is 0 Å². The van der Waals surface area contributed by atoms with Crippen LogP contribution in [0.1, 0.15) is 5.56 Å². The molecule has 1 N–H and O–H groups in total. The maximum Gasteiger partial charge on any atom is 0.306 e. The molecule has 0 spiro atoms. The number of anilines is 1. The van der Waals surface area contributed by atoms with E-state index in [-0.39, 0.29) is 12.1 Å². The summed E-state index contributed by atoms with van der Waals surface area (Å²) in [7, 11) is 0. The molecule has 0 bridgehead atoms. The highest BCUT2D eigenvalue weighted by Crippen LogP contribution is 2.23. The minimum atomic E-state index is -0.969. The van der Waals surface area contributed by atoms with Crippen molar-refractivity contribution in [2.24, 2.45) is 0 Å². The zero-order valence-electron chi connectivity index (χ0n) is 11.0. The largest absolute Gasteiger partial charge is 0.326 e. The molecule has 0 fully saturated rings. The lowest BCUT2D eigenvalue weighted by Gasteiger charge is -2.07. The number of hydrogen-bond acceptors (Lipinski definition) is 3. The van der Waals surface area contributed by atoms with Crippen molar-refractivity contribution >= 4 is 40.5 Å². The third kappa shape index (κ3) is 3.93. The molecular weight excluding hydrogens is 334 g/mol. The number of carbonyl (C=O) groups is 1. The minimum absolute atomic E-state index is 0.0405. The lowest BCUT2D eigenvalue weighted by Crippen LogP contribution is -2.14. The molecule has 2 aromatic carbocycles. The number of nitrogens with one attached hydrogen (secondary N) is 1. The van der Waals surface area contributed by atoms with Crippen molar-refractivity contribution in [3.63, 3.8) is 0 Å². The first-order valence-electron chi connectivity index (χ1n) is 6.04. The maximum atomic E-state index is 13.2. The summed E-state index contributed by atoms with van der Waals surface area (Å²) in [5.74, 6) is -1.41. The normalized spacial score (nSPS) is 10.3.